The molecule has 1 amide bonds. The lowest BCUT2D eigenvalue weighted by Crippen LogP contribution is -2.37. The molecule has 128 valence electrons. The lowest BCUT2D eigenvalue weighted by atomic mass is 9.99. The second kappa shape index (κ2) is 7.38. The molecule has 0 bridgehead atoms. The maximum atomic E-state index is 12.2. The van der Waals surface area contributed by atoms with Crippen LogP contribution in [-0.2, 0) is 4.79 Å². The van der Waals surface area contributed by atoms with E-state index in [1.165, 1.54) is 11.3 Å². The smallest absolute Gasteiger partial charge is 0.231 e. The number of benzene rings is 1. The Labute approximate surface area is 150 Å². The number of rotatable bonds is 3. The van der Waals surface area contributed by atoms with Gasteiger partial charge in [-0.25, -0.2) is 4.98 Å². The number of ether oxygens (including phenoxy) is 2. The fourth-order valence-electron chi connectivity index (χ4n) is 2.80. The average Bonchev–Trinajstić information content (AvgIpc) is 3.23. The first kappa shape index (κ1) is 17.0. The van der Waals surface area contributed by atoms with Crippen molar-refractivity contribution in [2.24, 2.45) is 5.92 Å². The van der Waals surface area contributed by atoms with Gasteiger partial charge in [0, 0.05) is 17.5 Å². The number of hydrogen-bond acceptors (Lipinski definition) is 6. The number of nitrogens with zero attached hydrogens (tertiary/aromatic N) is 1. The van der Waals surface area contributed by atoms with Gasteiger partial charge in [0.05, 0.1) is 11.6 Å². The Morgan fingerprint density at radius 1 is 1.33 bits per heavy atom. The molecule has 1 fully saturated rings. The minimum Gasteiger partial charge on any atom is -0.454 e. The summed E-state index contributed by atoms with van der Waals surface area (Å²) in [5.74, 6) is 1.56. The van der Waals surface area contributed by atoms with Crippen molar-refractivity contribution in [2.75, 3.05) is 25.2 Å². The van der Waals surface area contributed by atoms with Crippen LogP contribution in [0, 0.1) is 5.92 Å². The van der Waals surface area contributed by atoms with E-state index in [4.69, 9.17) is 9.47 Å². The Kier molecular flexibility index (Phi) is 5.23. The van der Waals surface area contributed by atoms with Gasteiger partial charge in [-0.3, -0.25) is 4.79 Å². The van der Waals surface area contributed by atoms with Gasteiger partial charge >= 0.3 is 0 Å². The number of amides is 1. The minimum absolute atomic E-state index is 0. The molecule has 1 unspecified atom stereocenters. The summed E-state index contributed by atoms with van der Waals surface area (Å²) >= 11 is 1.43. The molecule has 2 aromatic rings. The molecule has 0 radical (unpaired) electrons. The number of anilines is 1. The van der Waals surface area contributed by atoms with Crippen molar-refractivity contribution < 1.29 is 14.3 Å². The van der Waals surface area contributed by atoms with Crippen molar-refractivity contribution in [1.29, 1.82) is 0 Å². The number of carbonyl (C=O) groups excluding carboxylic acids is 1. The van der Waals surface area contributed by atoms with Crippen molar-refractivity contribution in [3.05, 3.63) is 23.6 Å². The lowest BCUT2D eigenvalue weighted by Gasteiger charge is -2.21. The summed E-state index contributed by atoms with van der Waals surface area (Å²) in [6.07, 6.45) is 1.97. The molecular weight excluding hydrogens is 350 g/mol. The zero-order valence-corrected chi connectivity index (χ0v) is 14.5. The molecule has 1 atom stereocenters. The number of halogens is 1. The number of aromatic nitrogens is 1. The molecule has 1 aromatic carbocycles. The van der Waals surface area contributed by atoms with E-state index in [9.17, 15) is 4.79 Å². The molecule has 0 spiro atoms. The van der Waals surface area contributed by atoms with Gasteiger partial charge in [0.2, 0.25) is 12.7 Å². The van der Waals surface area contributed by atoms with Crippen molar-refractivity contribution in [2.45, 2.75) is 12.8 Å². The Morgan fingerprint density at radius 2 is 2.21 bits per heavy atom. The zero-order chi connectivity index (χ0) is 15.6. The summed E-state index contributed by atoms with van der Waals surface area (Å²) in [7, 11) is 0. The van der Waals surface area contributed by atoms with E-state index in [0.29, 0.717) is 5.13 Å². The summed E-state index contributed by atoms with van der Waals surface area (Å²) in [6.45, 7) is 1.99. The van der Waals surface area contributed by atoms with E-state index in [1.54, 1.807) is 0 Å². The van der Waals surface area contributed by atoms with Crippen molar-refractivity contribution in [3.8, 4) is 22.8 Å². The predicted octanol–water partition coefficient (Wildman–Crippen LogP) is 2.90. The predicted molar refractivity (Wildman–Crippen MR) is 95.1 cm³/mol. The van der Waals surface area contributed by atoms with Gasteiger partial charge < -0.3 is 20.1 Å². The molecule has 1 saturated heterocycles. The number of piperidine rings is 1. The van der Waals surface area contributed by atoms with Gasteiger partial charge in [0.1, 0.15) is 0 Å². The molecule has 1 aromatic heterocycles. The van der Waals surface area contributed by atoms with Crippen LogP contribution in [0.1, 0.15) is 12.8 Å². The maximum absolute atomic E-state index is 12.2. The first-order valence-electron chi connectivity index (χ1n) is 7.67. The minimum atomic E-state index is 0. The topological polar surface area (TPSA) is 72.5 Å². The lowest BCUT2D eigenvalue weighted by molar-refractivity contribution is -0.120. The SMILES string of the molecule is Cl.O=C(Nc1nc(-c2ccc3c(c2)OCO3)cs1)C1CCCNC1. The Hall–Kier alpha value is -1.83. The van der Waals surface area contributed by atoms with Gasteiger partial charge in [-0.1, -0.05) is 0 Å². The Bertz CT molecular complexity index is 731. The molecule has 2 aliphatic rings. The van der Waals surface area contributed by atoms with Crippen LogP contribution in [0.5, 0.6) is 11.5 Å². The van der Waals surface area contributed by atoms with Crippen molar-refractivity contribution >= 4 is 34.8 Å². The van der Waals surface area contributed by atoms with E-state index >= 15 is 0 Å². The highest BCUT2D eigenvalue weighted by molar-refractivity contribution is 7.14. The standard InChI is InChI=1S/C16H17N3O3S.ClH/c20-15(11-2-1-5-17-7-11)19-16-18-12(8-23-16)10-3-4-13-14(6-10)22-9-21-13;/h3-4,6,8,11,17H,1-2,5,7,9H2,(H,18,19,20);1H. The fraction of sp³-hybridized carbons (Fsp3) is 0.375. The van der Waals surface area contributed by atoms with Crippen LogP contribution in [0.2, 0.25) is 0 Å². The summed E-state index contributed by atoms with van der Waals surface area (Å²) < 4.78 is 10.7. The second-order valence-corrected chi connectivity index (χ2v) is 6.50. The normalized spacial score (nSPS) is 18.8. The van der Waals surface area contributed by atoms with Crippen LogP contribution < -0.4 is 20.1 Å². The van der Waals surface area contributed by atoms with Crippen LogP contribution in [-0.4, -0.2) is 30.8 Å². The molecule has 0 saturated carbocycles. The first-order chi connectivity index (χ1) is 11.3. The van der Waals surface area contributed by atoms with Crippen LogP contribution in [0.3, 0.4) is 0 Å². The Balaban J connectivity index is 0.00000169. The zero-order valence-electron chi connectivity index (χ0n) is 12.9. The second-order valence-electron chi connectivity index (χ2n) is 5.64. The summed E-state index contributed by atoms with van der Waals surface area (Å²) in [5, 5.41) is 8.75. The monoisotopic (exact) mass is 367 g/mol. The number of carbonyl (C=O) groups is 1. The van der Waals surface area contributed by atoms with Gasteiger partial charge in [-0.2, -0.15) is 0 Å². The van der Waals surface area contributed by atoms with Gasteiger partial charge in [0.15, 0.2) is 16.6 Å². The Morgan fingerprint density at radius 3 is 3.04 bits per heavy atom. The van der Waals surface area contributed by atoms with E-state index in [2.05, 4.69) is 15.6 Å². The third kappa shape index (κ3) is 3.48. The summed E-state index contributed by atoms with van der Waals surface area (Å²) in [4.78, 5) is 16.8. The number of fused-ring (bicyclic) bond motifs is 1. The van der Waals surface area contributed by atoms with Crippen molar-refractivity contribution in [1.82, 2.24) is 10.3 Å². The van der Waals surface area contributed by atoms with Crippen LogP contribution in [0.25, 0.3) is 11.3 Å². The molecule has 2 aliphatic heterocycles. The molecule has 8 heteroatoms. The summed E-state index contributed by atoms with van der Waals surface area (Å²) in [5.41, 5.74) is 1.77. The third-order valence-corrected chi connectivity index (χ3v) is 4.83. The highest BCUT2D eigenvalue weighted by Crippen LogP contribution is 2.36. The van der Waals surface area contributed by atoms with Crippen LogP contribution in [0.15, 0.2) is 23.6 Å². The van der Waals surface area contributed by atoms with Crippen LogP contribution >= 0.6 is 23.7 Å². The molecule has 24 heavy (non-hydrogen) atoms. The summed E-state index contributed by atoms with van der Waals surface area (Å²) in [6, 6.07) is 5.73. The van der Waals surface area contributed by atoms with Crippen LogP contribution in [0.4, 0.5) is 5.13 Å². The molecule has 4 rings (SSSR count). The van der Waals surface area contributed by atoms with E-state index < -0.39 is 0 Å². The highest BCUT2D eigenvalue weighted by atomic mass is 35.5. The molecule has 6 nitrogen and oxygen atoms in total. The maximum Gasteiger partial charge on any atom is 0.231 e. The quantitative estimate of drug-likeness (QED) is 0.872. The fourth-order valence-corrected chi connectivity index (χ4v) is 3.53. The molecule has 3 heterocycles. The van der Waals surface area contributed by atoms with E-state index in [0.717, 1.165) is 48.7 Å². The van der Waals surface area contributed by atoms with Gasteiger partial charge in [-0.05, 0) is 37.6 Å². The third-order valence-electron chi connectivity index (χ3n) is 4.07. The highest BCUT2D eigenvalue weighted by Gasteiger charge is 2.22. The molecular formula is C16H18ClN3O3S. The number of hydrogen-bond donors (Lipinski definition) is 2. The van der Waals surface area contributed by atoms with Crippen molar-refractivity contribution in [3.63, 3.8) is 0 Å². The largest absolute Gasteiger partial charge is 0.454 e. The van der Waals surface area contributed by atoms with Gasteiger partial charge in [0.25, 0.3) is 0 Å². The van der Waals surface area contributed by atoms with Gasteiger partial charge in [-0.15, -0.1) is 23.7 Å². The molecule has 0 aliphatic carbocycles. The van der Waals surface area contributed by atoms with E-state index in [1.807, 2.05) is 23.6 Å². The number of nitrogens with one attached hydrogen (secondary N) is 2. The average molecular weight is 368 g/mol. The first-order valence-corrected chi connectivity index (χ1v) is 8.55. The van der Waals surface area contributed by atoms with E-state index in [-0.39, 0.29) is 31.0 Å². The molecule has 2 N–H and O–H groups in total. The number of thiazole rings is 1.